The van der Waals surface area contributed by atoms with Crippen molar-refractivity contribution in [2.45, 2.75) is 17.7 Å². The fourth-order valence-electron chi connectivity index (χ4n) is 3.21. The molecule has 0 spiro atoms. The highest BCUT2D eigenvalue weighted by atomic mass is 35.5. The highest BCUT2D eigenvalue weighted by Crippen LogP contribution is 2.33. The molecule has 0 bridgehead atoms. The lowest BCUT2D eigenvalue weighted by atomic mass is 10.1. The topological polar surface area (TPSA) is 60.7 Å². The van der Waals surface area contributed by atoms with Gasteiger partial charge in [-0.3, -0.25) is 8.77 Å². The second kappa shape index (κ2) is 9.37. The first-order valence-electron chi connectivity index (χ1n) is 9.63. The van der Waals surface area contributed by atoms with E-state index in [1.807, 2.05) is 60.8 Å². The Morgan fingerprint density at radius 2 is 1.65 bits per heavy atom. The molecule has 0 aliphatic heterocycles. The minimum Gasteiger partial charge on any atom is -0.497 e. The fraction of sp³-hybridized carbons (Fsp3) is 0.125. The van der Waals surface area contributed by atoms with Crippen LogP contribution in [0.3, 0.4) is 0 Å². The van der Waals surface area contributed by atoms with E-state index in [9.17, 15) is 4.79 Å². The summed E-state index contributed by atoms with van der Waals surface area (Å²) in [4.78, 5) is 12.1. The number of carbonyl (C=O) groups is 1. The van der Waals surface area contributed by atoms with E-state index in [-0.39, 0.29) is 6.42 Å². The molecule has 3 aromatic carbocycles. The van der Waals surface area contributed by atoms with Crippen molar-refractivity contribution in [1.82, 2.24) is 3.97 Å². The normalized spacial score (nSPS) is 10.9. The largest absolute Gasteiger partial charge is 0.497 e. The van der Waals surface area contributed by atoms with E-state index in [2.05, 4.69) is 3.97 Å². The van der Waals surface area contributed by atoms with E-state index < -0.39 is 5.97 Å². The van der Waals surface area contributed by atoms with Crippen LogP contribution in [0.4, 0.5) is 0 Å². The zero-order valence-electron chi connectivity index (χ0n) is 16.7. The van der Waals surface area contributed by atoms with Gasteiger partial charge in [0.05, 0.1) is 12.6 Å². The van der Waals surface area contributed by atoms with Gasteiger partial charge in [-0.1, -0.05) is 11.6 Å². The molecule has 158 valence electrons. The highest BCUT2D eigenvalue weighted by Gasteiger charge is 2.12. The Hall–Kier alpha value is -3.09. The van der Waals surface area contributed by atoms with Crippen LogP contribution in [0.25, 0.3) is 10.9 Å². The molecule has 0 aliphatic rings. The quantitative estimate of drug-likeness (QED) is 0.323. The van der Waals surface area contributed by atoms with Gasteiger partial charge in [0.1, 0.15) is 17.2 Å². The smallest absolute Gasteiger partial charge is 0.303 e. The predicted molar refractivity (Wildman–Crippen MR) is 124 cm³/mol. The molecule has 0 radical (unpaired) electrons. The molecular formula is C24H20ClNO4S. The maximum atomic E-state index is 11.1. The number of aliphatic carboxylic acids is 1. The molecule has 31 heavy (non-hydrogen) atoms. The summed E-state index contributed by atoms with van der Waals surface area (Å²) in [6.45, 7) is 0. The Bertz CT molecular complexity index is 1200. The summed E-state index contributed by atoms with van der Waals surface area (Å²) >= 11 is 7.47. The van der Waals surface area contributed by atoms with Gasteiger partial charge in [0.25, 0.3) is 0 Å². The highest BCUT2D eigenvalue weighted by molar-refractivity contribution is 7.98. The summed E-state index contributed by atoms with van der Waals surface area (Å²) in [7, 11) is 1.62. The lowest BCUT2D eigenvalue weighted by molar-refractivity contribution is -0.136. The number of ether oxygens (including phenoxy) is 2. The van der Waals surface area contributed by atoms with Gasteiger partial charge in [-0.05, 0) is 90.7 Å². The Morgan fingerprint density at radius 1 is 1.00 bits per heavy atom. The summed E-state index contributed by atoms with van der Waals surface area (Å²) in [6, 6.07) is 20.9. The van der Waals surface area contributed by atoms with Crippen molar-refractivity contribution in [2.24, 2.45) is 0 Å². The van der Waals surface area contributed by atoms with E-state index in [0.717, 1.165) is 38.6 Å². The van der Waals surface area contributed by atoms with Crippen molar-refractivity contribution in [3.63, 3.8) is 0 Å². The number of methoxy groups -OCH3 is 1. The molecule has 4 rings (SSSR count). The number of hydrogen-bond donors (Lipinski definition) is 1. The van der Waals surface area contributed by atoms with Crippen molar-refractivity contribution in [1.29, 1.82) is 0 Å². The molecule has 4 aromatic rings. The number of nitrogens with zero attached hydrogens (tertiary/aromatic N) is 1. The van der Waals surface area contributed by atoms with Crippen LogP contribution in [0.2, 0.25) is 5.02 Å². The Labute approximate surface area is 189 Å². The number of aromatic nitrogens is 1. The molecule has 0 atom stereocenters. The SMILES string of the molecule is COc1ccc2c(c1)c(CCC(=O)O)cn2Sc1ccc(Oc2ccc(Cl)cc2)cc1. The van der Waals surface area contributed by atoms with Crippen LogP contribution in [0.5, 0.6) is 17.2 Å². The zero-order valence-corrected chi connectivity index (χ0v) is 18.3. The molecule has 0 aliphatic carbocycles. The fourth-order valence-corrected chi connectivity index (χ4v) is 4.26. The summed E-state index contributed by atoms with van der Waals surface area (Å²) in [6.07, 6.45) is 2.54. The van der Waals surface area contributed by atoms with Gasteiger partial charge in [0, 0.05) is 27.9 Å². The van der Waals surface area contributed by atoms with Crippen LogP contribution >= 0.6 is 23.5 Å². The Morgan fingerprint density at radius 3 is 2.29 bits per heavy atom. The first-order chi connectivity index (χ1) is 15.0. The minimum atomic E-state index is -0.812. The minimum absolute atomic E-state index is 0.0811. The van der Waals surface area contributed by atoms with Crippen LogP contribution in [0, 0.1) is 0 Å². The third-order valence-corrected chi connectivity index (χ3v) is 5.98. The lowest BCUT2D eigenvalue weighted by Crippen LogP contribution is -1.96. The third-order valence-electron chi connectivity index (χ3n) is 4.75. The van der Waals surface area contributed by atoms with E-state index in [4.69, 9.17) is 26.2 Å². The molecule has 5 nitrogen and oxygen atoms in total. The van der Waals surface area contributed by atoms with Crippen molar-refractivity contribution < 1.29 is 19.4 Å². The summed E-state index contributed by atoms with van der Waals surface area (Å²) in [5.74, 6) is 1.39. The number of carboxylic acid groups (broad SMARTS) is 1. The first-order valence-corrected chi connectivity index (χ1v) is 10.8. The van der Waals surface area contributed by atoms with Gasteiger partial charge in [0.2, 0.25) is 0 Å². The number of carboxylic acids is 1. The van der Waals surface area contributed by atoms with Crippen molar-refractivity contribution in [3.05, 3.63) is 83.5 Å². The van der Waals surface area contributed by atoms with Gasteiger partial charge in [-0.25, -0.2) is 0 Å². The van der Waals surface area contributed by atoms with Gasteiger partial charge < -0.3 is 14.6 Å². The van der Waals surface area contributed by atoms with Gasteiger partial charge in [0.15, 0.2) is 0 Å². The number of rotatable bonds is 8. The zero-order chi connectivity index (χ0) is 21.8. The van der Waals surface area contributed by atoms with Crippen molar-refractivity contribution >= 4 is 40.4 Å². The molecular weight excluding hydrogens is 434 g/mol. The van der Waals surface area contributed by atoms with Crippen molar-refractivity contribution in [3.8, 4) is 17.2 Å². The van der Waals surface area contributed by atoms with Crippen LogP contribution in [-0.2, 0) is 11.2 Å². The maximum Gasteiger partial charge on any atom is 0.303 e. The molecule has 1 N–H and O–H groups in total. The van der Waals surface area contributed by atoms with Crippen LogP contribution in [-0.4, -0.2) is 22.2 Å². The number of hydrogen-bond acceptors (Lipinski definition) is 4. The first kappa shape index (κ1) is 21.2. The Balaban J connectivity index is 1.56. The lowest BCUT2D eigenvalue weighted by Gasteiger charge is -2.08. The molecule has 1 heterocycles. The van der Waals surface area contributed by atoms with E-state index in [1.165, 1.54) is 0 Å². The maximum absolute atomic E-state index is 11.1. The molecule has 1 aromatic heterocycles. The number of fused-ring (bicyclic) bond motifs is 1. The molecule has 0 unspecified atom stereocenters. The second-order valence-electron chi connectivity index (χ2n) is 6.88. The number of aryl methyl sites for hydroxylation is 1. The summed E-state index contributed by atoms with van der Waals surface area (Å²) in [5.41, 5.74) is 1.99. The number of halogens is 1. The van der Waals surface area contributed by atoms with Gasteiger partial charge in [-0.2, -0.15) is 0 Å². The van der Waals surface area contributed by atoms with Gasteiger partial charge >= 0.3 is 5.97 Å². The van der Waals surface area contributed by atoms with Gasteiger partial charge in [-0.15, -0.1) is 0 Å². The average Bonchev–Trinajstić information content (AvgIpc) is 3.11. The third kappa shape index (κ3) is 5.16. The summed E-state index contributed by atoms with van der Waals surface area (Å²) in [5, 5.41) is 10.7. The molecule has 0 saturated carbocycles. The monoisotopic (exact) mass is 453 g/mol. The number of benzene rings is 3. The average molecular weight is 454 g/mol. The van der Waals surface area contributed by atoms with E-state index in [0.29, 0.717) is 11.4 Å². The molecule has 0 fully saturated rings. The summed E-state index contributed by atoms with van der Waals surface area (Å²) < 4.78 is 13.3. The van der Waals surface area contributed by atoms with Crippen LogP contribution in [0.1, 0.15) is 12.0 Å². The second-order valence-corrected chi connectivity index (χ2v) is 8.36. The van der Waals surface area contributed by atoms with Crippen molar-refractivity contribution in [2.75, 3.05) is 7.11 Å². The van der Waals surface area contributed by atoms with Crippen LogP contribution in [0.15, 0.2) is 77.8 Å². The molecule has 0 amide bonds. The van der Waals surface area contributed by atoms with E-state index in [1.54, 1.807) is 31.2 Å². The standard InChI is InChI=1S/C24H20ClNO4S/c1-29-20-9-12-23-22(14-20)16(2-13-24(27)28)15-26(23)31-21-10-7-19(8-11-21)30-18-5-3-17(25)4-6-18/h3-12,14-15H,2,13H2,1H3,(H,27,28). The van der Waals surface area contributed by atoms with Crippen LogP contribution < -0.4 is 9.47 Å². The van der Waals surface area contributed by atoms with E-state index >= 15 is 0 Å². The predicted octanol–water partition coefficient (Wildman–Crippen LogP) is 6.67. The molecule has 0 saturated heterocycles. The Kier molecular flexibility index (Phi) is 6.39. The molecule has 7 heteroatoms.